The molecular formula is C24H22O. The number of furan rings is 1. The molecule has 4 rings (SSSR count). The van der Waals surface area contributed by atoms with Gasteiger partial charge >= 0.3 is 0 Å². The highest BCUT2D eigenvalue weighted by Gasteiger charge is 2.05. The molecule has 0 bridgehead atoms. The zero-order valence-electron chi connectivity index (χ0n) is 14.3. The Bertz CT molecular complexity index is 945. The first kappa shape index (κ1) is 15.7. The summed E-state index contributed by atoms with van der Waals surface area (Å²) in [6, 6.07) is 30.0. The Balaban J connectivity index is 1.39. The monoisotopic (exact) mass is 326 g/mol. The minimum Gasteiger partial charge on any atom is -0.466 e. The van der Waals surface area contributed by atoms with Crippen LogP contribution >= 0.6 is 0 Å². The molecule has 0 amide bonds. The van der Waals surface area contributed by atoms with Gasteiger partial charge in [-0.1, -0.05) is 72.8 Å². The topological polar surface area (TPSA) is 13.1 Å². The fraction of sp³-hybridized carbons (Fsp3) is 0.167. The van der Waals surface area contributed by atoms with Crippen molar-refractivity contribution in [2.45, 2.75) is 25.7 Å². The Morgan fingerprint density at radius 3 is 2.04 bits per heavy atom. The molecule has 0 N–H and O–H groups in total. The highest BCUT2D eigenvalue weighted by atomic mass is 16.3. The van der Waals surface area contributed by atoms with E-state index in [-0.39, 0.29) is 0 Å². The Labute approximate surface area is 148 Å². The number of hydrogen-bond acceptors (Lipinski definition) is 1. The predicted molar refractivity (Wildman–Crippen MR) is 104 cm³/mol. The zero-order valence-corrected chi connectivity index (χ0v) is 14.3. The Hall–Kier alpha value is -2.80. The van der Waals surface area contributed by atoms with E-state index in [0.717, 1.165) is 37.2 Å². The number of aryl methyl sites for hydroxylation is 4. The largest absolute Gasteiger partial charge is 0.466 e. The second-order valence-corrected chi connectivity index (χ2v) is 6.49. The quantitative estimate of drug-likeness (QED) is 0.423. The van der Waals surface area contributed by atoms with E-state index in [1.165, 1.54) is 21.9 Å². The average Bonchev–Trinajstić information content (AvgIpc) is 3.13. The maximum atomic E-state index is 6.04. The Kier molecular flexibility index (Phi) is 4.65. The fourth-order valence-electron chi connectivity index (χ4n) is 3.37. The van der Waals surface area contributed by atoms with Gasteiger partial charge in [-0.15, -0.1) is 0 Å². The molecule has 1 heterocycles. The minimum atomic E-state index is 0.944. The van der Waals surface area contributed by atoms with Crippen LogP contribution in [-0.2, 0) is 25.7 Å². The van der Waals surface area contributed by atoms with Crippen molar-refractivity contribution in [3.8, 4) is 0 Å². The van der Waals surface area contributed by atoms with Gasteiger partial charge in [0.25, 0.3) is 0 Å². The summed E-state index contributed by atoms with van der Waals surface area (Å²) in [6.07, 6.45) is 3.93. The molecule has 124 valence electrons. The molecule has 0 aliphatic rings. The molecule has 1 nitrogen and oxygen atoms in total. The van der Waals surface area contributed by atoms with E-state index in [2.05, 4.69) is 84.9 Å². The van der Waals surface area contributed by atoms with Crippen molar-refractivity contribution in [2.75, 3.05) is 0 Å². The molecule has 0 aliphatic carbocycles. The summed E-state index contributed by atoms with van der Waals surface area (Å²) in [5, 5.41) is 2.66. The van der Waals surface area contributed by atoms with Crippen molar-refractivity contribution in [2.24, 2.45) is 0 Å². The van der Waals surface area contributed by atoms with E-state index < -0.39 is 0 Å². The van der Waals surface area contributed by atoms with Gasteiger partial charge in [-0.3, -0.25) is 0 Å². The molecule has 0 fully saturated rings. The summed E-state index contributed by atoms with van der Waals surface area (Å²) in [7, 11) is 0. The highest BCUT2D eigenvalue weighted by Crippen LogP contribution is 2.21. The summed E-state index contributed by atoms with van der Waals surface area (Å²) in [4.78, 5) is 0. The average molecular weight is 326 g/mol. The van der Waals surface area contributed by atoms with Crippen molar-refractivity contribution in [1.82, 2.24) is 0 Å². The van der Waals surface area contributed by atoms with E-state index in [9.17, 15) is 0 Å². The van der Waals surface area contributed by atoms with Gasteiger partial charge in [0.05, 0.1) is 0 Å². The standard InChI is InChI=1S/C24H22O/c1-2-7-19(8-3-1)13-15-22-17-18-23(25-22)16-14-21-11-6-10-20-9-4-5-12-24(20)21/h1-12,17-18H,13-16H2. The lowest BCUT2D eigenvalue weighted by molar-refractivity contribution is 0.463. The normalized spacial score (nSPS) is 11.0. The molecule has 0 aliphatic heterocycles. The molecule has 0 radical (unpaired) electrons. The zero-order chi connectivity index (χ0) is 16.9. The lowest BCUT2D eigenvalue weighted by Crippen LogP contribution is -1.92. The van der Waals surface area contributed by atoms with Gasteiger partial charge in [-0.05, 0) is 46.9 Å². The number of hydrogen-bond donors (Lipinski definition) is 0. The Morgan fingerprint density at radius 1 is 0.520 bits per heavy atom. The first-order valence-corrected chi connectivity index (χ1v) is 8.97. The van der Waals surface area contributed by atoms with Gasteiger partial charge in [-0.2, -0.15) is 0 Å². The second kappa shape index (κ2) is 7.40. The minimum absolute atomic E-state index is 0.944. The third-order valence-electron chi connectivity index (χ3n) is 4.74. The second-order valence-electron chi connectivity index (χ2n) is 6.49. The number of benzene rings is 3. The molecule has 0 unspecified atom stereocenters. The first-order valence-electron chi connectivity index (χ1n) is 8.97. The van der Waals surface area contributed by atoms with E-state index >= 15 is 0 Å². The van der Waals surface area contributed by atoms with Crippen molar-refractivity contribution in [3.05, 3.63) is 108 Å². The molecular weight excluding hydrogens is 304 g/mol. The molecule has 0 atom stereocenters. The lowest BCUT2D eigenvalue weighted by Gasteiger charge is -2.05. The summed E-state index contributed by atoms with van der Waals surface area (Å²) in [5.74, 6) is 2.16. The van der Waals surface area contributed by atoms with Crippen LogP contribution in [0.15, 0.2) is 89.3 Å². The Morgan fingerprint density at radius 2 is 1.20 bits per heavy atom. The predicted octanol–water partition coefficient (Wildman–Crippen LogP) is 6.00. The van der Waals surface area contributed by atoms with Crippen LogP contribution in [0.4, 0.5) is 0 Å². The van der Waals surface area contributed by atoms with Crippen LogP contribution in [0.2, 0.25) is 0 Å². The van der Waals surface area contributed by atoms with Gasteiger partial charge in [0.1, 0.15) is 11.5 Å². The van der Waals surface area contributed by atoms with Gasteiger partial charge in [0, 0.05) is 12.8 Å². The summed E-state index contributed by atoms with van der Waals surface area (Å²) in [6.45, 7) is 0. The van der Waals surface area contributed by atoms with Crippen LogP contribution in [0.25, 0.3) is 10.8 Å². The van der Waals surface area contributed by atoms with Crippen molar-refractivity contribution >= 4 is 10.8 Å². The van der Waals surface area contributed by atoms with Crippen molar-refractivity contribution < 1.29 is 4.42 Å². The molecule has 0 spiro atoms. The van der Waals surface area contributed by atoms with E-state index in [0.29, 0.717) is 0 Å². The molecule has 3 aromatic carbocycles. The summed E-state index contributed by atoms with van der Waals surface area (Å²) < 4.78 is 6.04. The smallest absolute Gasteiger partial charge is 0.104 e. The van der Waals surface area contributed by atoms with Crippen molar-refractivity contribution in [3.63, 3.8) is 0 Å². The molecule has 4 aromatic rings. The van der Waals surface area contributed by atoms with Crippen LogP contribution < -0.4 is 0 Å². The third kappa shape index (κ3) is 3.83. The van der Waals surface area contributed by atoms with Gasteiger partial charge in [0.15, 0.2) is 0 Å². The number of fused-ring (bicyclic) bond motifs is 1. The van der Waals surface area contributed by atoms with Gasteiger partial charge in [-0.25, -0.2) is 0 Å². The van der Waals surface area contributed by atoms with Crippen LogP contribution in [0.3, 0.4) is 0 Å². The van der Waals surface area contributed by atoms with Crippen LogP contribution in [0, 0.1) is 0 Å². The first-order chi connectivity index (χ1) is 12.4. The highest BCUT2D eigenvalue weighted by molar-refractivity contribution is 5.85. The summed E-state index contributed by atoms with van der Waals surface area (Å²) >= 11 is 0. The molecule has 0 saturated carbocycles. The van der Waals surface area contributed by atoms with Gasteiger partial charge in [0.2, 0.25) is 0 Å². The number of rotatable bonds is 6. The molecule has 1 heteroatoms. The van der Waals surface area contributed by atoms with E-state index in [1.807, 2.05) is 0 Å². The SMILES string of the molecule is c1ccc(CCc2ccc(CCc3cccc4ccccc34)o2)cc1. The molecule has 0 saturated heterocycles. The molecule has 1 aromatic heterocycles. The lowest BCUT2D eigenvalue weighted by atomic mass is 10.0. The van der Waals surface area contributed by atoms with Gasteiger partial charge < -0.3 is 4.42 Å². The maximum absolute atomic E-state index is 6.04. The fourth-order valence-corrected chi connectivity index (χ4v) is 3.37. The van der Waals surface area contributed by atoms with Crippen molar-refractivity contribution in [1.29, 1.82) is 0 Å². The molecule has 25 heavy (non-hydrogen) atoms. The third-order valence-corrected chi connectivity index (χ3v) is 4.74. The van der Waals surface area contributed by atoms with Crippen LogP contribution in [0.5, 0.6) is 0 Å². The van der Waals surface area contributed by atoms with Crippen LogP contribution in [-0.4, -0.2) is 0 Å². The maximum Gasteiger partial charge on any atom is 0.104 e. The van der Waals surface area contributed by atoms with E-state index in [1.54, 1.807) is 0 Å². The summed E-state index contributed by atoms with van der Waals surface area (Å²) in [5.41, 5.74) is 2.75. The van der Waals surface area contributed by atoms with E-state index in [4.69, 9.17) is 4.42 Å². The van der Waals surface area contributed by atoms with Crippen LogP contribution in [0.1, 0.15) is 22.6 Å².